The first-order chi connectivity index (χ1) is 7.75. The highest BCUT2D eigenvalue weighted by Crippen LogP contribution is 2.11. The van der Waals surface area contributed by atoms with E-state index in [1.54, 1.807) is 0 Å². The fraction of sp³-hybridized carbons (Fsp3) is 0.917. The second kappa shape index (κ2) is 5.64. The van der Waals surface area contributed by atoms with Crippen LogP contribution < -0.4 is 10.6 Å². The molecule has 2 saturated heterocycles. The van der Waals surface area contributed by atoms with E-state index in [2.05, 4.69) is 22.6 Å². The normalized spacial score (nSPS) is 28.9. The zero-order chi connectivity index (χ0) is 11.4. The number of nitrogens with one attached hydrogen (secondary N) is 2. The second-order valence-electron chi connectivity index (χ2n) is 5.09. The highest BCUT2D eigenvalue weighted by Gasteiger charge is 2.24. The number of carbonyl (C=O) groups excluding carboxylic acids is 1. The third-order valence-corrected chi connectivity index (χ3v) is 3.69. The molecule has 0 radical (unpaired) electrons. The standard InChI is InChI=1S/C12H23N3O/c1-15-8-5-10(6-9-15)14-12(16)11-4-2-3-7-13-11/h10-11,13H,2-9H2,1H3,(H,14,16)/t11-/m1/s1. The van der Waals surface area contributed by atoms with Crippen LogP contribution in [-0.4, -0.2) is 49.6 Å². The summed E-state index contributed by atoms with van der Waals surface area (Å²) in [5.41, 5.74) is 0. The van der Waals surface area contributed by atoms with Gasteiger partial charge in [-0.05, 0) is 52.4 Å². The first-order valence-corrected chi connectivity index (χ1v) is 6.48. The van der Waals surface area contributed by atoms with Crippen LogP contribution in [0.25, 0.3) is 0 Å². The lowest BCUT2D eigenvalue weighted by molar-refractivity contribution is -0.124. The Morgan fingerprint density at radius 1 is 1.25 bits per heavy atom. The van der Waals surface area contributed by atoms with Gasteiger partial charge in [-0.2, -0.15) is 0 Å². The number of hydrogen-bond acceptors (Lipinski definition) is 3. The van der Waals surface area contributed by atoms with Crippen LogP contribution >= 0.6 is 0 Å². The van der Waals surface area contributed by atoms with Gasteiger partial charge in [0.05, 0.1) is 6.04 Å². The minimum Gasteiger partial charge on any atom is -0.352 e. The van der Waals surface area contributed by atoms with Crippen molar-refractivity contribution in [2.75, 3.05) is 26.7 Å². The summed E-state index contributed by atoms with van der Waals surface area (Å²) in [7, 11) is 2.14. The van der Waals surface area contributed by atoms with Crippen molar-refractivity contribution in [2.24, 2.45) is 0 Å². The molecule has 4 heteroatoms. The summed E-state index contributed by atoms with van der Waals surface area (Å²) in [5.74, 6) is 0.217. The van der Waals surface area contributed by atoms with Crippen LogP contribution in [0.2, 0.25) is 0 Å². The Balaban J connectivity index is 1.73. The van der Waals surface area contributed by atoms with Crippen LogP contribution in [0.4, 0.5) is 0 Å². The minimum atomic E-state index is 0.0633. The number of hydrogen-bond donors (Lipinski definition) is 2. The third-order valence-electron chi connectivity index (χ3n) is 3.69. The van der Waals surface area contributed by atoms with Gasteiger partial charge in [0.2, 0.25) is 5.91 Å². The highest BCUT2D eigenvalue weighted by atomic mass is 16.2. The van der Waals surface area contributed by atoms with Gasteiger partial charge in [-0.25, -0.2) is 0 Å². The van der Waals surface area contributed by atoms with E-state index in [4.69, 9.17) is 0 Å². The molecule has 0 aromatic carbocycles. The lowest BCUT2D eigenvalue weighted by atomic mass is 10.0. The van der Waals surface area contributed by atoms with Crippen molar-refractivity contribution >= 4 is 5.91 Å². The summed E-state index contributed by atoms with van der Waals surface area (Å²) < 4.78 is 0. The van der Waals surface area contributed by atoms with Gasteiger partial charge in [0.1, 0.15) is 0 Å². The largest absolute Gasteiger partial charge is 0.352 e. The zero-order valence-corrected chi connectivity index (χ0v) is 10.2. The predicted molar refractivity (Wildman–Crippen MR) is 64.3 cm³/mol. The van der Waals surface area contributed by atoms with E-state index in [0.717, 1.165) is 38.9 Å². The average molecular weight is 225 g/mol. The molecule has 1 amide bonds. The van der Waals surface area contributed by atoms with Crippen LogP contribution in [0.5, 0.6) is 0 Å². The Hall–Kier alpha value is -0.610. The van der Waals surface area contributed by atoms with Crippen LogP contribution in [-0.2, 0) is 4.79 Å². The SMILES string of the molecule is CN1CCC(NC(=O)[C@H]2CCCCN2)CC1. The Labute approximate surface area is 97.8 Å². The van der Waals surface area contributed by atoms with Crippen molar-refractivity contribution in [1.29, 1.82) is 0 Å². The number of rotatable bonds is 2. The molecule has 0 saturated carbocycles. The van der Waals surface area contributed by atoms with E-state index in [9.17, 15) is 4.79 Å². The predicted octanol–water partition coefficient (Wildman–Crippen LogP) is 0.339. The third kappa shape index (κ3) is 3.19. The van der Waals surface area contributed by atoms with E-state index in [1.165, 1.54) is 12.8 Å². The number of carbonyl (C=O) groups is 1. The summed E-state index contributed by atoms with van der Waals surface area (Å²) in [4.78, 5) is 14.3. The van der Waals surface area contributed by atoms with Gasteiger partial charge in [-0.1, -0.05) is 6.42 Å². The van der Waals surface area contributed by atoms with Crippen LogP contribution in [0.3, 0.4) is 0 Å². The monoisotopic (exact) mass is 225 g/mol. The van der Waals surface area contributed by atoms with Crippen molar-refractivity contribution in [3.05, 3.63) is 0 Å². The maximum Gasteiger partial charge on any atom is 0.237 e. The molecule has 0 unspecified atom stereocenters. The van der Waals surface area contributed by atoms with Gasteiger partial charge in [0.25, 0.3) is 0 Å². The van der Waals surface area contributed by atoms with Gasteiger partial charge >= 0.3 is 0 Å². The second-order valence-corrected chi connectivity index (χ2v) is 5.09. The van der Waals surface area contributed by atoms with Crippen molar-refractivity contribution in [1.82, 2.24) is 15.5 Å². The molecule has 16 heavy (non-hydrogen) atoms. The molecule has 0 aromatic rings. The lowest BCUT2D eigenvalue weighted by Crippen LogP contribution is -2.51. The molecule has 1 atom stereocenters. The molecule has 0 spiro atoms. The molecule has 2 fully saturated rings. The Kier molecular flexibility index (Phi) is 4.18. The van der Waals surface area contributed by atoms with Gasteiger partial charge in [-0.3, -0.25) is 4.79 Å². The first kappa shape index (κ1) is 11.9. The molecule has 92 valence electrons. The number of amides is 1. The molecule has 2 aliphatic rings. The van der Waals surface area contributed by atoms with Gasteiger partial charge < -0.3 is 15.5 Å². The number of piperidine rings is 2. The maximum absolute atomic E-state index is 12.0. The Morgan fingerprint density at radius 3 is 2.62 bits per heavy atom. The number of likely N-dealkylation sites (tertiary alicyclic amines) is 1. The van der Waals surface area contributed by atoms with E-state index >= 15 is 0 Å². The summed E-state index contributed by atoms with van der Waals surface area (Å²) in [6, 6.07) is 0.459. The molecule has 2 aliphatic heterocycles. The topological polar surface area (TPSA) is 44.4 Å². The van der Waals surface area contributed by atoms with Crippen molar-refractivity contribution in [2.45, 2.75) is 44.2 Å². The van der Waals surface area contributed by atoms with Gasteiger partial charge in [0.15, 0.2) is 0 Å². The molecule has 0 bridgehead atoms. The summed E-state index contributed by atoms with van der Waals surface area (Å²) >= 11 is 0. The first-order valence-electron chi connectivity index (χ1n) is 6.48. The van der Waals surface area contributed by atoms with Crippen LogP contribution in [0.1, 0.15) is 32.1 Å². The quantitative estimate of drug-likeness (QED) is 0.712. The smallest absolute Gasteiger partial charge is 0.237 e. The fourth-order valence-corrected chi connectivity index (χ4v) is 2.53. The van der Waals surface area contributed by atoms with Crippen molar-refractivity contribution < 1.29 is 4.79 Å². The zero-order valence-electron chi connectivity index (χ0n) is 10.2. The molecule has 2 heterocycles. The molecule has 2 rings (SSSR count). The van der Waals surface area contributed by atoms with E-state index in [0.29, 0.717) is 6.04 Å². The molecule has 0 aliphatic carbocycles. The maximum atomic E-state index is 12.0. The molecule has 4 nitrogen and oxygen atoms in total. The fourth-order valence-electron chi connectivity index (χ4n) is 2.53. The van der Waals surface area contributed by atoms with Crippen LogP contribution in [0, 0.1) is 0 Å². The lowest BCUT2D eigenvalue weighted by Gasteiger charge is -2.31. The van der Waals surface area contributed by atoms with E-state index in [1.807, 2.05) is 0 Å². The highest BCUT2D eigenvalue weighted by molar-refractivity contribution is 5.82. The van der Waals surface area contributed by atoms with E-state index in [-0.39, 0.29) is 11.9 Å². The van der Waals surface area contributed by atoms with Gasteiger partial charge in [-0.15, -0.1) is 0 Å². The summed E-state index contributed by atoms with van der Waals surface area (Å²) in [6.07, 6.45) is 5.57. The molecule has 2 N–H and O–H groups in total. The average Bonchev–Trinajstić information content (AvgIpc) is 2.33. The summed E-state index contributed by atoms with van der Waals surface area (Å²) in [5, 5.41) is 6.48. The van der Waals surface area contributed by atoms with E-state index < -0.39 is 0 Å². The Bertz CT molecular complexity index is 230. The van der Waals surface area contributed by atoms with Crippen molar-refractivity contribution in [3.8, 4) is 0 Å². The van der Waals surface area contributed by atoms with Gasteiger partial charge in [0, 0.05) is 6.04 Å². The summed E-state index contributed by atoms with van der Waals surface area (Å²) in [6.45, 7) is 3.19. The minimum absolute atomic E-state index is 0.0633. The molecular formula is C12H23N3O. The molecular weight excluding hydrogens is 202 g/mol. The Morgan fingerprint density at radius 2 is 2.00 bits per heavy atom. The molecule has 0 aromatic heterocycles. The van der Waals surface area contributed by atoms with Crippen LogP contribution in [0.15, 0.2) is 0 Å². The van der Waals surface area contributed by atoms with Crippen molar-refractivity contribution in [3.63, 3.8) is 0 Å². The number of nitrogens with zero attached hydrogens (tertiary/aromatic N) is 1.